The van der Waals surface area contributed by atoms with Gasteiger partial charge < -0.3 is 0 Å². The molecule has 1 aromatic carbocycles. The van der Waals surface area contributed by atoms with Crippen LogP contribution < -0.4 is 5.43 Å². The van der Waals surface area contributed by atoms with Crippen LogP contribution in [0.25, 0.3) is 10.9 Å². The first-order valence-electron chi connectivity index (χ1n) is 6.56. The van der Waals surface area contributed by atoms with Crippen molar-refractivity contribution in [1.82, 2.24) is 4.98 Å². The van der Waals surface area contributed by atoms with E-state index in [1.54, 1.807) is 6.20 Å². The molecule has 2 rings (SSSR count). The maximum absolute atomic E-state index is 5.95. The topological polar surface area (TPSA) is 37.3 Å². The van der Waals surface area contributed by atoms with E-state index < -0.39 is 0 Å². The summed E-state index contributed by atoms with van der Waals surface area (Å²) < 4.78 is 0. The van der Waals surface area contributed by atoms with Gasteiger partial charge in [0.05, 0.1) is 11.2 Å². The van der Waals surface area contributed by atoms with E-state index in [1.807, 2.05) is 30.5 Å². The van der Waals surface area contributed by atoms with Gasteiger partial charge in [-0.25, -0.2) is 0 Å². The highest BCUT2D eigenvalue weighted by molar-refractivity contribution is 6.31. The molecule has 4 heteroatoms. The minimum absolute atomic E-state index is 0.680. The molecule has 102 valence electrons. The zero-order chi connectivity index (χ0) is 14.2. The Bertz CT molecular complexity index is 644. The molecule has 0 aliphatic heterocycles. The highest BCUT2D eigenvalue weighted by atomic mass is 35.5. The third-order valence-corrected chi connectivity index (χ3v) is 3.12. The summed E-state index contributed by atoms with van der Waals surface area (Å²) in [4.78, 5) is 4.29. The van der Waals surface area contributed by atoms with Crippen molar-refractivity contribution < 1.29 is 0 Å². The summed E-state index contributed by atoms with van der Waals surface area (Å²) in [5.41, 5.74) is 4.82. The SMILES string of the molecule is C#CCCCC/C=N/Nc1ccnc2cc(Cl)ccc12. The molecule has 2 aromatic rings. The van der Waals surface area contributed by atoms with Crippen molar-refractivity contribution in [3.8, 4) is 12.3 Å². The quantitative estimate of drug-likeness (QED) is 0.368. The number of unbranched alkanes of at least 4 members (excludes halogenated alkanes) is 3. The third kappa shape index (κ3) is 3.97. The Kier molecular flexibility index (Phi) is 5.40. The number of fused-ring (bicyclic) bond motifs is 1. The minimum Gasteiger partial charge on any atom is -0.278 e. The second-order valence-corrected chi connectivity index (χ2v) is 4.83. The lowest BCUT2D eigenvalue weighted by Gasteiger charge is -2.05. The molecule has 1 aromatic heterocycles. The fourth-order valence-electron chi connectivity index (χ4n) is 1.86. The maximum Gasteiger partial charge on any atom is 0.0738 e. The van der Waals surface area contributed by atoms with Crippen LogP contribution in [0.2, 0.25) is 5.02 Å². The Labute approximate surface area is 124 Å². The summed E-state index contributed by atoms with van der Waals surface area (Å²) in [6.45, 7) is 0. The van der Waals surface area contributed by atoms with Crippen molar-refractivity contribution >= 4 is 34.4 Å². The second kappa shape index (κ2) is 7.52. The van der Waals surface area contributed by atoms with Crippen LogP contribution in [0.15, 0.2) is 35.6 Å². The number of hydrogen-bond donors (Lipinski definition) is 1. The normalized spacial score (nSPS) is 10.8. The predicted octanol–water partition coefficient (Wildman–Crippen LogP) is 4.48. The van der Waals surface area contributed by atoms with Crippen molar-refractivity contribution in [2.24, 2.45) is 5.10 Å². The van der Waals surface area contributed by atoms with E-state index >= 15 is 0 Å². The maximum atomic E-state index is 5.95. The minimum atomic E-state index is 0.680. The summed E-state index contributed by atoms with van der Waals surface area (Å²) in [5, 5.41) is 5.91. The molecule has 0 atom stereocenters. The molecule has 0 bridgehead atoms. The number of halogens is 1. The number of rotatable bonds is 6. The van der Waals surface area contributed by atoms with Gasteiger partial charge in [0.15, 0.2) is 0 Å². The first-order chi connectivity index (χ1) is 9.81. The van der Waals surface area contributed by atoms with Gasteiger partial charge in [0.2, 0.25) is 0 Å². The van der Waals surface area contributed by atoms with Crippen molar-refractivity contribution in [2.45, 2.75) is 25.7 Å². The van der Waals surface area contributed by atoms with Crippen LogP contribution in [0, 0.1) is 12.3 Å². The highest BCUT2D eigenvalue weighted by Gasteiger charge is 2.01. The summed E-state index contributed by atoms with van der Waals surface area (Å²) >= 11 is 5.95. The molecular formula is C16H16ClN3. The average Bonchev–Trinajstić information content (AvgIpc) is 2.46. The van der Waals surface area contributed by atoms with Crippen molar-refractivity contribution in [3.63, 3.8) is 0 Å². The molecule has 0 saturated heterocycles. The van der Waals surface area contributed by atoms with E-state index in [0.29, 0.717) is 5.02 Å². The van der Waals surface area contributed by atoms with Crippen molar-refractivity contribution in [3.05, 3.63) is 35.5 Å². The smallest absolute Gasteiger partial charge is 0.0738 e. The monoisotopic (exact) mass is 285 g/mol. The van der Waals surface area contributed by atoms with Crippen LogP contribution in [0.1, 0.15) is 25.7 Å². The summed E-state index contributed by atoms with van der Waals surface area (Å²) in [7, 11) is 0. The fourth-order valence-corrected chi connectivity index (χ4v) is 2.03. The second-order valence-electron chi connectivity index (χ2n) is 4.39. The molecule has 1 N–H and O–H groups in total. The van der Waals surface area contributed by atoms with Crippen LogP contribution in [0.4, 0.5) is 5.69 Å². The average molecular weight is 286 g/mol. The number of nitrogens with zero attached hydrogens (tertiary/aromatic N) is 2. The molecule has 0 amide bonds. The molecule has 0 aliphatic rings. The van der Waals surface area contributed by atoms with E-state index in [1.165, 1.54) is 0 Å². The third-order valence-electron chi connectivity index (χ3n) is 2.89. The van der Waals surface area contributed by atoms with Crippen molar-refractivity contribution in [1.29, 1.82) is 0 Å². The van der Waals surface area contributed by atoms with E-state index in [9.17, 15) is 0 Å². The van der Waals surface area contributed by atoms with Crippen LogP contribution in [0.5, 0.6) is 0 Å². The molecule has 1 heterocycles. The number of terminal acetylenes is 1. The lowest BCUT2D eigenvalue weighted by Crippen LogP contribution is -1.92. The number of nitrogens with one attached hydrogen (secondary N) is 1. The molecule has 20 heavy (non-hydrogen) atoms. The van der Waals surface area contributed by atoms with Gasteiger partial charge in [0.25, 0.3) is 0 Å². The van der Waals surface area contributed by atoms with Crippen LogP contribution in [-0.2, 0) is 0 Å². The van der Waals surface area contributed by atoms with Crippen LogP contribution >= 0.6 is 11.6 Å². The van der Waals surface area contributed by atoms with E-state index in [2.05, 4.69) is 21.4 Å². The molecular weight excluding hydrogens is 270 g/mol. The Morgan fingerprint density at radius 1 is 1.35 bits per heavy atom. The zero-order valence-electron chi connectivity index (χ0n) is 11.1. The molecule has 0 spiro atoms. The number of aromatic nitrogens is 1. The molecule has 3 nitrogen and oxygen atoms in total. The number of benzene rings is 1. The Balaban J connectivity index is 1.96. The van der Waals surface area contributed by atoms with Gasteiger partial charge in [0.1, 0.15) is 0 Å². The van der Waals surface area contributed by atoms with Gasteiger partial charge in [0, 0.05) is 29.2 Å². The Morgan fingerprint density at radius 3 is 3.10 bits per heavy atom. The number of hydrogen-bond acceptors (Lipinski definition) is 3. The molecule has 0 saturated carbocycles. The van der Waals surface area contributed by atoms with Gasteiger partial charge >= 0.3 is 0 Å². The lowest BCUT2D eigenvalue weighted by molar-refractivity contribution is 0.794. The largest absolute Gasteiger partial charge is 0.278 e. The van der Waals surface area contributed by atoms with E-state index in [-0.39, 0.29) is 0 Å². The predicted molar refractivity (Wildman–Crippen MR) is 86.2 cm³/mol. The lowest BCUT2D eigenvalue weighted by atomic mass is 10.2. The Morgan fingerprint density at radius 2 is 2.25 bits per heavy atom. The number of hydrazone groups is 1. The standard InChI is InChI=1S/C16H16ClN3/c1-2-3-4-5-6-10-19-20-15-9-11-18-16-12-13(17)7-8-14(15)16/h1,7-12H,3-6H2,(H,18,20)/b19-10+. The van der Waals surface area contributed by atoms with Gasteiger partial charge in [-0.1, -0.05) is 11.6 Å². The zero-order valence-corrected chi connectivity index (χ0v) is 11.9. The molecule has 0 unspecified atom stereocenters. The fraction of sp³-hybridized carbons (Fsp3) is 0.250. The number of anilines is 1. The summed E-state index contributed by atoms with van der Waals surface area (Å²) in [6, 6.07) is 7.52. The van der Waals surface area contributed by atoms with Crippen LogP contribution in [-0.4, -0.2) is 11.2 Å². The van der Waals surface area contributed by atoms with Gasteiger partial charge in [-0.15, -0.1) is 12.3 Å². The first-order valence-corrected chi connectivity index (χ1v) is 6.94. The first kappa shape index (κ1) is 14.4. The molecule has 0 fully saturated rings. The van der Waals surface area contributed by atoms with Gasteiger partial charge in [-0.3, -0.25) is 10.4 Å². The van der Waals surface area contributed by atoms with Crippen LogP contribution in [0.3, 0.4) is 0 Å². The highest BCUT2D eigenvalue weighted by Crippen LogP contribution is 2.24. The summed E-state index contributed by atoms with van der Waals surface area (Å²) in [5.74, 6) is 2.63. The Hall–Kier alpha value is -2.05. The molecule has 0 radical (unpaired) electrons. The molecule has 0 aliphatic carbocycles. The number of pyridine rings is 1. The van der Waals surface area contributed by atoms with Gasteiger partial charge in [-0.05, 0) is 43.5 Å². The summed E-state index contributed by atoms with van der Waals surface area (Å²) in [6.07, 6.45) is 12.7. The van der Waals surface area contributed by atoms with Crippen molar-refractivity contribution in [2.75, 3.05) is 5.43 Å². The van der Waals surface area contributed by atoms with E-state index in [0.717, 1.165) is 42.3 Å². The van der Waals surface area contributed by atoms with E-state index in [4.69, 9.17) is 18.0 Å². The van der Waals surface area contributed by atoms with Gasteiger partial charge in [-0.2, -0.15) is 5.10 Å².